The summed E-state index contributed by atoms with van der Waals surface area (Å²) in [5, 5.41) is 12.7. The molecule has 1 aliphatic heterocycles. The maximum absolute atomic E-state index is 12.3. The first kappa shape index (κ1) is 16.3. The molecule has 0 bridgehead atoms. The lowest BCUT2D eigenvalue weighted by molar-refractivity contribution is -0.120. The van der Waals surface area contributed by atoms with Crippen molar-refractivity contribution < 1.29 is 4.79 Å². The number of nitriles is 1. The first-order valence-electron chi connectivity index (χ1n) is 7.84. The largest absolute Gasteiger partial charge is 0.370 e. The van der Waals surface area contributed by atoms with Crippen LogP contribution in [0.3, 0.4) is 0 Å². The zero-order valence-corrected chi connectivity index (χ0v) is 13.8. The molecule has 0 aliphatic carbocycles. The molecule has 1 aromatic heterocycles. The van der Waals surface area contributed by atoms with E-state index < -0.39 is 0 Å². The minimum atomic E-state index is -0.0482. The average Bonchev–Trinajstić information content (AvgIpc) is 2.62. The molecule has 1 fully saturated rings. The molecule has 1 N–H and O–H groups in total. The van der Waals surface area contributed by atoms with Gasteiger partial charge >= 0.3 is 0 Å². The third-order valence-electron chi connectivity index (χ3n) is 4.20. The second kappa shape index (κ2) is 7.33. The van der Waals surface area contributed by atoms with Crippen LogP contribution in [-0.4, -0.2) is 24.0 Å². The lowest BCUT2D eigenvalue weighted by Gasteiger charge is -2.33. The van der Waals surface area contributed by atoms with Crippen molar-refractivity contribution >= 4 is 29.0 Å². The molecule has 1 aliphatic rings. The number of amides is 1. The predicted molar refractivity (Wildman–Crippen MR) is 94.0 cm³/mol. The fourth-order valence-corrected chi connectivity index (χ4v) is 3.07. The summed E-state index contributed by atoms with van der Waals surface area (Å²) in [6.07, 6.45) is 3.12. The van der Waals surface area contributed by atoms with Gasteiger partial charge in [-0.1, -0.05) is 17.7 Å². The Morgan fingerprint density at radius 2 is 2.08 bits per heavy atom. The number of rotatable bonds is 3. The van der Waals surface area contributed by atoms with Crippen LogP contribution in [0.4, 0.5) is 11.5 Å². The molecular formula is C18H17ClN4O. The molecule has 2 heterocycles. The van der Waals surface area contributed by atoms with Gasteiger partial charge in [0.05, 0.1) is 11.3 Å². The number of nitrogens with one attached hydrogen (secondary N) is 1. The number of halogens is 1. The third-order valence-corrected chi connectivity index (χ3v) is 4.44. The van der Waals surface area contributed by atoms with E-state index in [2.05, 4.69) is 21.3 Å². The molecule has 0 spiro atoms. The predicted octanol–water partition coefficient (Wildman–Crippen LogP) is 3.46. The van der Waals surface area contributed by atoms with Crippen LogP contribution in [0.2, 0.25) is 5.02 Å². The van der Waals surface area contributed by atoms with Crippen LogP contribution in [0.25, 0.3) is 0 Å². The Labute approximate surface area is 145 Å². The number of hydrogen-bond donors (Lipinski definition) is 1. The summed E-state index contributed by atoms with van der Waals surface area (Å²) in [6.45, 7) is 1.44. The van der Waals surface area contributed by atoms with Crippen molar-refractivity contribution in [3.8, 4) is 6.07 Å². The van der Waals surface area contributed by atoms with E-state index in [0.717, 1.165) is 31.6 Å². The summed E-state index contributed by atoms with van der Waals surface area (Å²) >= 11 is 6.06. The van der Waals surface area contributed by atoms with E-state index in [4.69, 9.17) is 11.6 Å². The van der Waals surface area contributed by atoms with Crippen LogP contribution in [0.1, 0.15) is 18.4 Å². The minimum Gasteiger partial charge on any atom is -0.370 e. The summed E-state index contributed by atoms with van der Waals surface area (Å²) < 4.78 is 0. The summed E-state index contributed by atoms with van der Waals surface area (Å²) in [6, 6.07) is 12.9. The van der Waals surface area contributed by atoms with Gasteiger partial charge in [-0.25, -0.2) is 4.98 Å². The first-order valence-corrected chi connectivity index (χ1v) is 8.21. The molecule has 24 heavy (non-hydrogen) atoms. The monoisotopic (exact) mass is 340 g/mol. The number of hydrogen-bond acceptors (Lipinski definition) is 4. The Morgan fingerprint density at radius 1 is 1.29 bits per heavy atom. The van der Waals surface area contributed by atoms with Crippen LogP contribution in [-0.2, 0) is 4.79 Å². The van der Waals surface area contributed by atoms with Crippen LogP contribution in [0, 0.1) is 17.2 Å². The highest BCUT2D eigenvalue weighted by Crippen LogP contribution is 2.29. The highest BCUT2D eigenvalue weighted by molar-refractivity contribution is 6.30. The van der Waals surface area contributed by atoms with Crippen molar-refractivity contribution in [2.45, 2.75) is 12.8 Å². The molecule has 2 aromatic rings. The van der Waals surface area contributed by atoms with Crippen LogP contribution >= 0.6 is 11.6 Å². The number of carbonyl (C=O) groups is 1. The van der Waals surface area contributed by atoms with Crippen molar-refractivity contribution in [3.63, 3.8) is 0 Å². The molecule has 0 saturated carbocycles. The zero-order valence-electron chi connectivity index (χ0n) is 13.1. The molecule has 122 valence electrons. The van der Waals surface area contributed by atoms with E-state index in [1.165, 1.54) is 0 Å². The van der Waals surface area contributed by atoms with Crippen molar-refractivity contribution in [2.75, 3.05) is 23.3 Å². The number of aromatic nitrogens is 1. The van der Waals surface area contributed by atoms with Gasteiger partial charge in [0.25, 0.3) is 0 Å². The summed E-state index contributed by atoms with van der Waals surface area (Å²) in [5.74, 6) is 0.527. The van der Waals surface area contributed by atoms with E-state index >= 15 is 0 Å². The maximum Gasteiger partial charge on any atom is 0.228 e. The van der Waals surface area contributed by atoms with Crippen molar-refractivity contribution in [1.29, 1.82) is 5.26 Å². The first-order chi connectivity index (χ1) is 11.7. The molecule has 1 aromatic carbocycles. The third kappa shape index (κ3) is 3.66. The highest BCUT2D eigenvalue weighted by Gasteiger charge is 2.26. The van der Waals surface area contributed by atoms with E-state index in [1.807, 2.05) is 18.2 Å². The van der Waals surface area contributed by atoms with Gasteiger partial charge in [-0.15, -0.1) is 0 Å². The summed E-state index contributed by atoms with van der Waals surface area (Å²) in [4.78, 5) is 18.6. The lowest BCUT2D eigenvalue weighted by Crippen LogP contribution is -2.38. The van der Waals surface area contributed by atoms with Crippen LogP contribution in [0.15, 0.2) is 42.6 Å². The van der Waals surface area contributed by atoms with Crippen LogP contribution in [0.5, 0.6) is 0 Å². The zero-order chi connectivity index (χ0) is 16.9. The Bertz CT molecular complexity index is 764. The van der Waals surface area contributed by atoms with Gasteiger partial charge in [-0.2, -0.15) is 5.26 Å². The second-order valence-corrected chi connectivity index (χ2v) is 6.18. The molecule has 6 heteroatoms. The summed E-state index contributed by atoms with van der Waals surface area (Å²) in [5.41, 5.74) is 1.45. The fraction of sp³-hybridized carbons (Fsp3) is 0.278. The van der Waals surface area contributed by atoms with E-state index in [0.29, 0.717) is 16.4 Å². The quantitative estimate of drug-likeness (QED) is 0.929. The molecule has 3 rings (SSSR count). The van der Waals surface area contributed by atoms with Crippen LogP contribution < -0.4 is 10.2 Å². The minimum absolute atomic E-state index is 0.0000456. The number of anilines is 2. The van der Waals surface area contributed by atoms with E-state index in [1.54, 1.807) is 24.4 Å². The van der Waals surface area contributed by atoms with Gasteiger partial charge in [-0.3, -0.25) is 4.79 Å². The average molecular weight is 341 g/mol. The number of piperidine rings is 1. The summed E-state index contributed by atoms with van der Waals surface area (Å²) in [7, 11) is 0. The molecule has 0 unspecified atom stereocenters. The molecular weight excluding hydrogens is 324 g/mol. The Balaban J connectivity index is 1.63. The van der Waals surface area contributed by atoms with Gasteiger partial charge in [0, 0.05) is 30.2 Å². The van der Waals surface area contributed by atoms with Crippen molar-refractivity contribution in [2.24, 2.45) is 5.92 Å². The Morgan fingerprint density at radius 3 is 2.75 bits per heavy atom. The standard InChI is InChI=1S/C18H17ClN4O/c19-15-5-4-14(12-20)16(11-15)23-9-6-13(7-10-23)18(24)22-17-3-1-2-8-21-17/h1-5,8,11,13H,6-7,9-10H2,(H,21,22,24). The molecule has 1 saturated heterocycles. The number of benzene rings is 1. The number of nitrogens with zero attached hydrogens (tertiary/aromatic N) is 3. The van der Waals surface area contributed by atoms with Gasteiger partial charge in [0.2, 0.25) is 5.91 Å². The highest BCUT2D eigenvalue weighted by atomic mass is 35.5. The topological polar surface area (TPSA) is 69.0 Å². The fourth-order valence-electron chi connectivity index (χ4n) is 2.91. The Hall–Kier alpha value is -2.58. The SMILES string of the molecule is N#Cc1ccc(Cl)cc1N1CCC(C(=O)Nc2ccccn2)CC1. The molecule has 5 nitrogen and oxygen atoms in total. The number of carbonyl (C=O) groups excluding carboxylic acids is 1. The molecule has 1 amide bonds. The van der Waals surface area contributed by atoms with Gasteiger partial charge in [-0.05, 0) is 43.2 Å². The van der Waals surface area contributed by atoms with E-state index in [9.17, 15) is 10.1 Å². The lowest BCUT2D eigenvalue weighted by atomic mass is 9.95. The second-order valence-electron chi connectivity index (χ2n) is 5.74. The van der Waals surface area contributed by atoms with Gasteiger partial charge in [0.1, 0.15) is 11.9 Å². The molecule has 0 radical (unpaired) electrons. The van der Waals surface area contributed by atoms with Crippen molar-refractivity contribution in [1.82, 2.24) is 4.98 Å². The normalized spacial score (nSPS) is 14.9. The molecule has 0 atom stereocenters. The maximum atomic E-state index is 12.3. The Kier molecular flexibility index (Phi) is 4.97. The van der Waals surface area contributed by atoms with E-state index in [-0.39, 0.29) is 11.8 Å². The number of pyridine rings is 1. The van der Waals surface area contributed by atoms with Gasteiger partial charge < -0.3 is 10.2 Å². The van der Waals surface area contributed by atoms with Gasteiger partial charge in [0.15, 0.2) is 0 Å². The smallest absolute Gasteiger partial charge is 0.228 e. The van der Waals surface area contributed by atoms with Crippen molar-refractivity contribution in [3.05, 3.63) is 53.2 Å².